The zero-order valence-electron chi connectivity index (χ0n) is 17.8. The standard InChI is InChI=1S/C24H18N4O4S2/c1-32-18-12-8-16(9-13-18)22-23(33-21(14-25)28-22)24(29)27-17-10-6-15(7-11-17)19-4-2-3-5-20(19)34(26,30)31/h2-13H,1H3,(H,27,29)(H2,26,30,31). The molecule has 0 aliphatic rings. The van der Waals surface area contributed by atoms with Crippen LogP contribution < -0.4 is 15.2 Å². The zero-order valence-corrected chi connectivity index (χ0v) is 19.5. The lowest BCUT2D eigenvalue weighted by Gasteiger charge is -2.10. The number of carbonyl (C=O) groups excluding carboxylic acids is 1. The fourth-order valence-corrected chi connectivity index (χ4v) is 4.88. The number of nitrogens with two attached hydrogens (primary N) is 1. The molecule has 170 valence electrons. The highest BCUT2D eigenvalue weighted by atomic mass is 32.2. The lowest BCUT2D eigenvalue weighted by molar-refractivity contribution is 0.103. The van der Waals surface area contributed by atoms with Gasteiger partial charge in [-0.15, -0.1) is 0 Å². The molecule has 0 unspecified atom stereocenters. The van der Waals surface area contributed by atoms with E-state index < -0.39 is 15.9 Å². The molecule has 0 saturated heterocycles. The minimum atomic E-state index is -3.89. The summed E-state index contributed by atoms with van der Waals surface area (Å²) in [7, 11) is -2.33. The minimum Gasteiger partial charge on any atom is -0.497 e. The van der Waals surface area contributed by atoms with Crippen LogP contribution in [0.25, 0.3) is 22.4 Å². The molecule has 4 rings (SSSR count). The van der Waals surface area contributed by atoms with E-state index in [0.29, 0.717) is 38.7 Å². The van der Waals surface area contributed by atoms with E-state index in [9.17, 15) is 18.5 Å². The Morgan fingerprint density at radius 3 is 2.29 bits per heavy atom. The number of thiazole rings is 1. The van der Waals surface area contributed by atoms with Gasteiger partial charge in [0.15, 0.2) is 5.01 Å². The lowest BCUT2D eigenvalue weighted by atomic mass is 10.1. The van der Waals surface area contributed by atoms with E-state index in [-0.39, 0.29) is 9.90 Å². The van der Waals surface area contributed by atoms with Crippen LogP contribution in [0.1, 0.15) is 14.7 Å². The second-order valence-electron chi connectivity index (χ2n) is 7.11. The number of carbonyl (C=O) groups is 1. The van der Waals surface area contributed by atoms with Crippen molar-refractivity contribution in [2.45, 2.75) is 4.90 Å². The third kappa shape index (κ3) is 4.82. The summed E-state index contributed by atoms with van der Waals surface area (Å²) in [5.74, 6) is 0.247. The normalized spacial score (nSPS) is 11.0. The predicted molar refractivity (Wildman–Crippen MR) is 130 cm³/mol. The maximum atomic E-state index is 13.0. The highest BCUT2D eigenvalue weighted by Crippen LogP contribution is 2.31. The van der Waals surface area contributed by atoms with Crippen molar-refractivity contribution in [2.75, 3.05) is 12.4 Å². The van der Waals surface area contributed by atoms with Crippen LogP contribution in [0.5, 0.6) is 5.75 Å². The van der Waals surface area contributed by atoms with E-state index >= 15 is 0 Å². The maximum absolute atomic E-state index is 13.0. The van der Waals surface area contributed by atoms with Crippen molar-refractivity contribution in [3.63, 3.8) is 0 Å². The molecule has 10 heteroatoms. The van der Waals surface area contributed by atoms with Gasteiger partial charge in [-0.1, -0.05) is 41.7 Å². The van der Waals surface area contributed by atoms with Crippen molar-refractivity contribution in [2.24, 2.45) is 5.14 Å². The van der Waals surface area contributed by atoms with Gasteiger partial charge in [0.25, 0.3) is 5.91 Å². The molecule has 1 amide bonds. The topological polar surface area (TPSA) is 135 Å². The molecule has 3 N–H and O–H groups in total. The number of hydrogen-bond acceptors (Lipinski definition) is 7. The molecule has 0 atom stereocenters. The molecule has 8 nitrogen and oxygen atoms in total. The summed E-state index contributed by atoms with van der Waals surface area (Å²) in [6, 6.07) is 22.1. The smallest absolute Gasteiger partial charge is 0.268 e. The van der Waals surface area contributed by atoms with Gasteiger partial charge in [0.1, 0.15) is 16.7 Å². The largest absolute Gasteiger partial charge is 0.497 e. The number of nitrogens with zero attached hydrogens (tertiary/aromatic N) is 2. The average molecular weight is 491 g/mol. The molecule has 0 spiro atoms. The molecular weight excluding hydrogens is 472 g/mol. The Labute approximate surface area is 200 Å². The molecule has 0 radical (unpaired) electrons. The zero-order chi connectivity index (χ0) is 24.3. The van der Waals surface area contributed by atoms with Gasteiger partial charge in [-0.3, -0.25) is 4.79 Å². The van der Waals surface area contributed by atoms with Gasteiger partial charge < -0.3 is 10.1 Å². The number of amides is 1. The van der Waals surface area contributed by atoms with E-state index in [2.05, 4.69) is 10.3 Å². The molecule has 1 heterocycles. The van der Waals surface area contributed by atoms with E-state index in [1.165, 1.54) is 6.07 Å². The van der Waals surface area contributed by atoms with Crippen molar-refractivity contribution in [1.29, 1.82) is 5.26 Å². The van der Waals surface area contributed by atoms with E-state index in [1.54, 1.807) is 73.8 Å². The number of anilines is 1. The third-order valence-corrected chi connectivity index (χ3v) is 6.87. The Morgan fingerprint density at radius 1 is 1.03 bits per heavy atom. The van der Waals surface area contributed by atoms with Gasteiger partial charge >= 0.3 is 0 Å². The summed E-state index contributed by atoms with van der Waals surface area (Å²) in [4.78, 5) is 17.6. The summed E-state index contributed by atoms with van der Waals surface area (Å²) in [6.45, 7) is 0. The molecule has 3 aromatic carbocycles. The van der Waals surface area contributed by atoms with Crippen LogP contribution in [0.3, 0.4) is 0 Å². The van der Waals surface area contributed by atoms with Gasteiger partial charge in [0.2, 0.25) is 10.0 Å². The summed E-state index contributed by atoms with van der Waals surface area (Å²) in [5, 5.41) is 17.6. The Hall–Kier alpha value is -4.04. The van der Waals surface area contributed by atoms with Gasteiger partial charge in [-0.25, -0.2) is 18.5 Å². The maximum Gasteiger partial charge on any atom is 0.268 e. The molecule has 34 heavy (non-hydrogen) atoms. The quantitative estimate of drug-likeness (QED) is 0.415. The minimum absolute atomic E-state index is 0.0182. The van der Waals surface area contributed by atoms with Gasteiger partial charge in [0.05, 0.1) is 17.7 Å². The Morgan fingerprint density at radius 2 is 1.68 bits per heavy atom. The number of ether oxygens (including phenoxy) is 1. The summed E-state index contributed by atoms with van der Waals surface area (Å²) in [6.07, 6.45) is 0. The monoisotopic (exact) mass is 490 g/mol. The van der Waals surface area contributed by atoms with Gasteiger partial charge in [-0.05, 0) is 48.0 Å². The Balaban J connectivity index is 1.61. The van der Waals surface area contributed by atoms with Crippen molar-refractivity contribution in [1.82, 2.24) is 4.98 Å². The van der Waals surface area contributed by atoms with Crippen molar-refractivity contribution < 1.29 is 17.9 Å². The van der Waals surface area contributed by atoms with Crippen molar-refractivity contribution in [3.05, 3.63) is 82.7 Å². The molecule has 4 aromatic rings. The Kier molecular flexibility index (Phi) is 6.43. The number of sulfonamides is 1. The number of primary sulfonamides is 1. The van der Waals surface area contributed by atoms with E-state index in [0.717, 1.165) is 11.3 Å². The summed E-state index contributed by atoms with van der Waals surface area (Å²) in [5.41, 5.74) is 2.67. The predicted octanol–water partition coefficient (Wildman–Crippen LogP) is 4.26. The average Bonchev–Trinajstić information content (AvgIpc) is 3.29. The number of aromatic nitrogens is 1. The molecule has 0 aliphatic heterocycles. The number of nitrogens with one attached hydrogen (secondary N) is 1. The van der Waals surface area contributed by atoms with Crippen LogP contribution in [0.2, 0.25) is 0 Å². The first-order valence-electron chi connectivity index (χ1n) is 9.89. The summed E-state index contributed by atoms with van der Waals surface area (Å²) >= 11 is 1.00. The summed E-state index contributed by atoms with van der Waals surface area (Å²) < 4.78 is 29.0. The second-order valence-corrected chi connectivity index (χ2v) is 9.64. The number of hydrogen-bond donors (Lipinski definition) is 2. The number of nitriles is 1. The number of rotatable bonds is 6. The van der Waals surface area contributed by atoms with Crippen molar-refractivity contribution >= 4 is 33.0 Å². The first-order valence-corrected chi connectivity index (χ1v) is 12.3. The first-order chi connectivity index (χ1) is 16.3. The lowest BCUT2D eigenvalue weighted by Crippen LogP contribution is -2.13. The highest BCUT2D eigenvalue weighted by molar-refractivity contribution is 7.89. The molecular formula is C24H18N4O4S2. The van der Waals surface area contributed by atoms with Crippen LogP contribution in [-0.4, -0.2) is 26.4 Å². The van der Waals surface area contributed by atoms with Crippen LogP contribution in [0.15, 0.2) is 77.7 Å². The highest BCUT2D eigenvalue weighted by Gasteiger charge is 2.20. The van der Waals surface area contributed by atoms with Crippen LogP contribution in [0, 0.1) is 11.3 Å². The number of methoxy groups -OCH3 is 1. The fourth-order valence-electron chi connectivity index (χ4n) is 3.34. The molecule has 0 aliphatic carbocycles. The Bertz CT molecular complexity index is 1500. The van der Waals surface area contributed by atoms with Crippen LogP contribution in [-0.2, 0) is 10.0 Å². The fraction of sp³-hybridized carbons (Fsp3) is 0.0417. The van der Waals surface area contributed by atoms with Gasteiger partial charge in [-0.2, -0.15) is 5.26 Å². The third-order valence-electron chi connectivity index (χ3n) is 4.94. The SMILES string of the molecule is COc1ccc(-c2nc(C#N)sc2C(=O)Nc2ccc(-c3ccccc3S(N)(=O)=O)cc2)cc1. The van der Waals surface area contributed by atoms with Crippen LogP contribution in [0.4, 0.5) is 5.69 Å². The van der Waals surface area contributed by atoms with E-state index in [1.807, 2.05) is 6.07 Å². The molecule has 0 fully saturated rings. The molecule has 0 saturated carbocycles. The van der Waals surface area contributed by atoms with Crippen LogP contribution >= 0.6 is 11.3 Å². The van der Waals surface area contributed by atoms with Crippen molar-refractivity contribution in [3.8, 4) is 34.2 Å². The number of benzene rings is 3. The molecule has 1 aromatic heterocycles. The molecule has 0 bridgehead atoms. The first kappa shape index (κ1) is 23.1. The van der Waals surface area contributed by atoms with E-state index in [4.69, 9.17) is 9.88 Å². The second kappa shape index (κ2) is 9.44. The van der Waals surface area contributed by atoms with Gasteiger partial charge in [0, 0.05) is 16.8 Å².